The van der Waals surface area contributed by atoms with E-state index in [0.29, 0.717) is 0 Å². The number of amides is 1. The van der Waals surface area contributed by atoms with Crippen molar-refractivity contribution in [2.45, 2.75) is 38.1 Å². The van der Waals surface area contributed by atoms with E-state index in [1.807, 2.05) is 35.2 Å². The van der Waals surface area contributed by atoms with Gasteiger partial charge >= 0.3 is 0 Å². The smallest absolute Gasteiger partial charge is 0.244 e. The fourth-order valence-corrected chi connectivity index (χ4v) is 2.51. The molecule has 0 N–H and O–H groups in total. The van der Waals surface area contributed by atoms with Gasteiger partial charge in [-0.25, -0.2) is 0 Å². The lowest BCUT2D eigenvalue weighted by atomic mass is 9.96. The van der Waals surface area contributed by atoms with Gasteiger partial charge in [0.05, 0.1) is 6.07 Å². The predicted octanol–water partition coefficient (Wildman–Crippen LogP) is 2.69. The molecule has 2 unspecified atom stereocenters. The van der Waals surface area contributed by atoms with Gasteiger partial charge < -0.3 is 4.90 Å². The minimum atomic E-state index is -0.660. The molecule has 1 aromatic rings. The zero-order chi connectivity index (χ0) is 13.0. The summed E-state index contributed by atoms with van der Waals surface area (Å²) in [5, 5.41) is 9.27. The van der Waals surface area contributed by atoms with Crippen LogP contribution in [0.1, 0.15) is 37.7 Å². The summed E-state index contributed by atoms with van der Waals surface area (Å²) >= 11 is 0. The van der Waals surface area contributed by atoms with Crippen LogP contribution in [0.3, 0.4) is 0 Å². The van der Waals surface area contributed by atoms with E-state index in [-0.39, 0.29) is 11.9 Å². The van der Waals surface area contributed by atoms with E-state index in [1.165, 1.54) is 6.42 Å². The Morgan fingerprint density at radius 3 is 2.72 bits per heavy atom. The number of rotatable bonds is 2. The number of nitriles is 1. The Kier molecular flexibility index (Phi) is 3.99. The van der Waals surface area contributed by atoms with Gasteiger partial charge in [-0.1, -0.05) is 30.3 Å². The first-order valence-corrected chi connectivity index (χ1v) is 6.49. The fourth-order valence-electron chi connectivity index (χ4n) is 2.51. The Labute approximate surface area is 108 Å². The van der Waals surface area contributed by atoms with E-state index >= 15 is 0 Å². The summed E-state index contributed by atoms with van der Waals surface area (Å²) < 4.78 is 0. The quantitative estimate of drug-likeness (QED) is 0.800. The molecule has 18 heavy (non-hydrogen) atoms. The number of hydrogen-bond acceptors (Lipinski definition) is 2. The number of hydrogen-bond donors (Lipinski definition) is 0. The normalized spacial score (nSPS) is 21.1. The summed E-state index contributed by atoms with van der Waals surface area (Å²) in [6.07, 6.45) is 3.26. The number of likely N-dealkylation sites (tertiary alicyclic amines) is 1. The van der Waals surface area contributed by atoms with Crippen LogP contribution in [-0.2, 0) is 4.79 Å². The van der Waals surface area contributed by atoms with Crippen molar-refractivity contribution in [3.05, 3.63) is 35.9 Å². The average Bonchev–Trinajstić information content (AvgIpc) is 2.41. The molecule has 0 saturated carbocycles. The zero-order valence-electron chi connectivity index (χ0n) is 10.7. The van der Waals surface area contributed by atoms with E-state index in [2.05, 4.69) is 13.0 Å². The number of carbonyl (C=O) groups is 1. The van der Waals surface area contributed by atoms with Crippen LogP contribution in [0.15, 0.2) is 30.3 Å². The Bertz CT molecular complexity index is 449. The first kappa shape index (κ1) is 12.6. The summed E-state index contributed by atoms with van der Waals surface area (Å²) in [6, 6.07) is 11.7. The van der Waals surface area contributed by atoms with Gasteiger partial charge in [0, 0.05) is 12.6 Å². The molecule has 1 aromatic carbocycles. The van der Waals surface area contributed by atoms with Crippen LogP contribution in [0.4, 0.5) is 0 Å². The van der Waals surface area contributed by atoms with Crippen molar-refractivity contribution in [2.24, 2.45) is 0 Å². The van der Waals surface area contributed by atoms with Crippen molar-refractivity contribution in [1.29, 1.82) is 5.26 Å². The molecule has 1 heterocycles. The van der Waals surface area contributed by atoms with Gasteiger partial charge in [0.2, 0.25) is 5.91 Å². The topological polar surface area (TPSA) is 44.1 Å². The number of nitrogens with zero attached hydrogens (tertiary/aromatic N) is 2. The molecular formula is C15H18N2O. The Morgan fingerprint density at radius 1 is 1.39 bits per heavy atom. The molecule has 2 rings (SSSR count). The third-order valence-corrected chi connectivity index (χ3v) is 3.60. The molecule has 94 valence electrons. The maximum Gasteiger partial charge on any atom is 0.244 e. The molecule has 0 spiro atoms. The van der Waals surface area contributed by atoms with Gasteiger partial charge in [0.1, 0.15) is 5.92 Å². The first-order chi connectivity index (χ1) is 8.74. The van der Waals surface area contributed by atoms with Gasteiger partial charge in [-0.05, 0) is 31.7 Å². The van der Waals surface area contributed by atoms with Crippen molar-refractivity contribution < 1.29 is 4.79 Å². The van der Waals surface area contributed by atoms with Crippen LogP contribution >= 0.6 is 0 Å². The summed E-state index contributed by atoms with van der Waals surface area (Å²) in [5.41, 5.74) is 0.794. The van der Waals surface area contributed by atoms with Crippen LogP contribution in [0.25, 0.3) is 0 Å². The second-order valence-electron chi connectivity index (χ2n) is 4.85. The SMILES string of the molecule is CC1CCCCN1C(=O)C(C#N)c1ccccc1. The molecule has 3 nitrogen and oxygen atoms in total. The molecule has 1 aliphatic heterocycles. The van der Waals surface area contributed by atoms with Gasteiger partial charge in [-0.2, -0.15) is 5.26 Å². The molecule has 3 heteroatoms. The minimum Gasteiger partial charge on any atom is -0.339 e. The van der Waals surface area contributed by atoms with Crippen LogP contribution in [-0.4, -0.2) is 23.4 Å². The summed E-state index contributed by atoms with van der Waals surface area (Å²) in [4.78, 5) is 14.3. The molecule has 0 aliphatic carbocycles. The third-order valence-electron chi connectivity index (χ3n) is 3.60. The molecule has 1 amide bonds. The van der Waals surface area contributed by atoms with Crippen molar-refractivity contribution in [3.8, 4) is 6.07 Å². The highest BCUT2D eigenvalue weighted by Crippen LogP contribution is 2.23. The maximum absolute atomic E-state index is 12.4. The van der Waals surface area contributed by atoms with E-state index in [1.54, 1.807) is 0 Å². The van der Waals surface area contributed by atoms with E-state index < -0.39 is 5.92 Å². The van der Waals surface area contributed by atoms with Gasteiger partial charge in [-0.3, -0.25) is 4.79 Å². The maximum atomic E-state index is 12.4. The Hall–Kier alpha value is -1.82. The highest BCUT2D eigenvalue weighted by atomic mass is 16.2. The number of carbonyl (C=O) groups excluding carboxylic acids is 1. The Morgan fingerprint density at radius 2 is 2.11 bits per heavy atom. The molecule has 0 radical (unpaired) electrons. The van der Waals surface area contributed by atoms with Crippen LogP contribution < -0.4 is 0 Å². The fraction of sp³-hybridized carbons (Fsp3) is 0.467. The van der Waals surface area contributed by atoms with Gasteiger partial charge in [-0.15, -0.1) is 0 Å². The third kappa shape index (κ3) is 2.53. The lowest BCUT2D eigenvalue weighted by Gasteiger charge is -2.34. The number of piperidine rings is 1. The average molecular weight is 242 g/mol. The first-order valence-electron chi connectivity index (χ1n) is 6.49. The van der Waals surface area contributed by atoms with E-state index in [9.17, 15) is 10.1 Å². The summed E-state index contributed by atoms with van der Waals surface area (Å²) in [5.74, 6) is -0.706. The van der Waals surface area contributed by atoms with Crippen molar-refractivity contribution in [3.63, 3.8) is 0 Å². The lowest BCUT2D eigenvalue weighted by molar-refractivity contribution is -0.134. The largest absolute Gasteiger partial charge is 0.339 e. The highest BCUT2D eigenvalue weighted by Gasteiger charge is 2.30. The standard InChI is InChI=1S/C15H18N2O/c1-12-7-5-6-10-17(12)15(18)14(11-16)13-8-3-2-4-9-13/h2-4,8-9,12,14H,5-7,10H2,1H3. The summed E-state index contributed by atoms with van der Waals surface area (Å²) in [7, 11) is 0. The molecular weight excluding hydrogens is 224 g/mol. The molecule has 0 bridgehead atoms. The second-order valence-corrected chi connectivity index (χ2v) is 4.85. The van der Waals surface area contributed by atoms with Crippen molar-refractivity contribution >= 4 is 5.91 Å². The van der Waals surface area contributed by atoms with Crippen LogP contribution in [0.2, 0.25) is 0 Å². The zero-order valence-corrected chi connectivity index (χ0v) is 10.7. The Balaban J connectivity index is 2.18. The van der Waals surface area contributed by atoms with E-state index in [4.69, 9.17) is 0 Å². The van der Waals surface area contributed by atoms with Crippen LogP contribution in [0.5, 0.6) is 0 Å². The van der Waals surface area contributed by atoms with Crippen LogP contribution in [0, 0.1) is 11.3 Å². The van der Waals surface area contributed by atoms with Crippen molar-refractivity contribution in [1.82, 2.24) is 4.90 Å². The molecule has 1 saturated heterocycles. The molecule has 0 aromatic heterocycles. The predicted molar refractivity (Wildman–Crippen MR) is 69.8 cm³/mol. The van der Waals surface area contributed by atoms with Gasteiger partial charge in [0.25, 0.3) is 0 Å². The van der Waals surface area contributed by atoms with Crippen molar-refractivity contribution in [2.75, 3.05) is 6.54 Å². The highest BCUT2D eigenvalue weighted by molar-refractivity contribution is 5.86. The lowest BCUT2D eigenvalue weighted by Crippen LogP contribution is -2.44. The number of benzene rings is 1. The monoisotopic (exact) mass is 242 g/mol. The van der Waals surface area contributed by atoms with E-state index in [0.717, 1.165) is 24.9 Å². The minimum absolute atomic E-state index is 0.0455. The molecule has 2 atom stereocenters. The summed E-state index contributed by atoms with van der Waals surface area (Å²) in [6.45, 7) is 2.85. The second kappa shape index (κ2) is 5.68. The molecule has 1 fully saturated rings. The molecule has 1 aliphatic rings. The van der Waals surface area contributed by atoms with Gasteiger partial charge in [0.15, 0.2) is 0 Å².